The average Bonchev–Trinajstić information content (AvgIpc) is 2.49. The van der Waals surface area contributed by atoms with Gasteiger partial charge < -0.3 is 15.2 Å². The summed E-state index contributed by atoms with van der Waals surface area (Å²) in [4.78, 5) is 10.4. The number of hydrogen-bond acceptors (Lipinski definition) is 5. The molecule has 0 spiro atoms. The lowest BCUT2D eigenvalue weighted by Crippen LogP contribution is -1.97. The molecule has 0 aliphatic carbocycles. The number of rotatable bonds is 5. The molecule has 0 saturated heterocycles. The molecule has 0 bridgehead atoms. The number of hydrogen-bond donors (Lipinski definition) is 1. The van der Waals surface area contributed by atoms with Crippen LogP contribution in [0.2, 0.25) is 0 Å². The highest BCUT2D eigenvalue weighted by Crippen LogP contribution is 2.37. The van der Waals surface area contributed by atoms with Crippen LogP contribution in [-0.2, 0) is 6.54 Å². The van der Waals surface area contributed by atoms with Gasteiger partial charge in [0.15, 0.2) is 11.5 Å². The molecule has 0 heterocycles. The summed E-state index contributed by atoms with van der Waals surface area (Å²) in [5, 5.41) is 10.8. The predicted octanol–water partition coefficient (Wildman–Crippen LogP) is 3.62. The van der Waals surface area contributed by atoms with Gasteiger partial charge in [0, 0.05) is 12.6 Å². The molecule has 0 aliphatic rings. The van der Waals surface area contributed by atoms with Crippen LogP contribution in [0.4, 0.5) is 5.69 Å². The third-order valence-corrected chi connectivity index (χ3v) is 3.43. The van der Waals surface area contributed by atoms with E-state index >= 15 is 0 Å². The number of non-ortho nitro benzene ring substituents is 1. The zero-order chi connectivity index (χ0) is 15.4. The van der Waals surface area contributed by atoms with Gasteiger partial charge in [-0.2, -0.15) is 0 Å². The van der Waals surface area contributed by atoms with Crippen molar-refractivity contribution in [2.45, 2.75) is 6.54 Å². The second kappa shape index (κ2) is 6.55. The van der Waals surface area contributed by atoms with Gasteiger partial charge in [0.1, 0.15) is 5.75 Å². The Bertz CT molecular complexity index is 676. The second-order valence-corrected chi connectivity index (χ2v) is 5.02. The zero-order valence-corrected chi connectivity index (χ0v) is 12.8. The number of nitrogens with zero attached hydrogens (tertiary/aromatic N) is 1. The average molecular weight is 353 g/mol. The van der Waals surface area contributed by atoms with Crippen molar-refractivity contribution in [3.8, 4) is 17.2 Å². The summed E-state index contributed by atoms with van der Waals surface area (Å²) in [7, 11) is 1.47. The summed E-state index contributed by atoms with van der Waals surface area (Å²) in [6.07, 6.45) is 0. The van der Waals surface area contributed by atoms with Crippen LogP contribution in [0.5, 0.6) is 17.2 Å². The number of nitro benzene ring substituents is 1. The van der Waals surface area contributed by atoms with Crippen molar-refractivity contribution in [1.29, 1.82) is 0 Å². The lowest BCUT2D eigenvalue weighted by molar-refractivity contribution is -0.384. The van der Waals surface area contributed by atoms with Crippen LogP contribution >= 0.6 is 15.9 Å². The highest BCUT2D eigenvalue weighted by molar-refractivity contribution is 9.10. The fourth-order valence-electron chi connectivity index (χ4n) is 1.73. The van der Waals surface area contributed by atoms with Crippen molar-refractivity contribution in [3.05, 3.63) is 56.5 Å². The Labute approximate surface area is 129 Å². The first-order chi connectivity index (χ1) is 10.0. The van der Waals surface area contributed by atoms with Crippen LogP contribution in [0.15, 0.2) is 40.9 Å². The van der Waals surface area contributed by atoms with Crippen molar-refractivity contribution in [1.82, 2.24) is 0 Å². The first kappa shape index (κ1) is 15.3. The number of halogens is 1. The normalized spacial score (nSPS) is 10.2. The number of methoxy groups -OCH3 is 1. The summed E-state index contributed by atoms with van der Waals surface area (Å²) < 4.78 is 11.6. The number of nitrogens with two attached hydrogens (primary N) is 1. The molecule has 0 aromatic heterocycles. The molecule has 0 unspecified atom stereocenters. The summed E-state index contributed by atoms with van der Waals surface area (Å²) in [5.41, 5.74) is 6.44. The van der Waals surface area contributed by atoms with E-state index < -0.39 is 4.92 Å². The minimum absolute atomic E-state index is 0.0690. The van der Waals surface area contributed by atoms with Gasteiger partial charge in [-0.3, -0.25) is 10.1 Å². The topological polar surface area (TPSA) is 87.6 Å². The summed E-state index contributed by atoms with van der Waals surface area (Å²) in [6, 6.07) is 9.57. The third-order valence-electron chi connectivity index (χ3n) is 2.81. The number of ether oxygens (including phenoxy) is 2. The fraction of sp³-hybridized carbons (Fsp3) is 0.143. The molecular formula is C14H13BrN2O4. The molecule has 7 heteroatoms. The molecule has 2 rings (SSSR count). The van der Waals surface area contributed by atoms with Gasteiger partial charge in [0.25, 0.3) is 5.69 Å². The Hall–Kier alpha value is -2.12. The molecule has 2 aromatic carbocycles. The number of benzene rings is 2. The van der Waals surface area contributed by atoms with Crippen molar-refractivity contribution in [3.63, 3.8) is 0 Å². The van der Waals surface area contributed by atoms with Gasteiger partial charge in [-0.15, -0.1) is 0 Å². The predicted molar refractivity (Wildman–Crippen MR) is 81.8 cm³/mol. The van der Waals surface area contributed by atoms with E-state index in [-0.39, 0.29) is 11.4 Å². The minimum Gasteiger partial charge on any atom is -0.493 e. The van der Waals surface area contributed by atoms with E-state index in [0.717, 1.165) is 5.56 Å². The fourth-order valence-corrected chi connectivity index (χ4v) is 2.24. The van der Waals surface area contributed by atoms with Gasteiger partial charge in [-0.1, -0.05) is 6.07 Å². The van der Waals surface area contributed by atoms with E-state index in [1.807, 2.05) is 12.1 Å². The Balaban J connectivity index is 2.38. The highest BCUT2D eigenvalue weighted by Gasteiger charge is 2.14. The summed E-state index contributed by atoms with van der Waals surface area (Å²) >= 11 is 3.38. The van der Waals surface area contributed by atoms with Crippen LogP contribution in [-0.4, -0.2) is 12.0 Å². The highest BCUT2D eigenvalue weighted by atomic mass is 79.9. The molecular weight excluding hydrogens is 340 g/mol. The molecule has 110 valence electrons. The molecule has 0 amide bonds. The van der Waals surface area contributed by atoms with Crippen LogP contribution < -0.4 is 15.2 Å². The molecule has 21 heavy (non-hydrogen) atoms. The summed E-state index contributed by atoms with van der Waals surface area (Å²) in [5.74, 6) is 1.20. The van der Waals surface area contributed by atoms with E-state index in [1.165, 1.54) is 25.3 Å². The lowest BCUT2D eigenvalue weighted by Gasteiger charge is -2.12. The van der Waals surface area contributed by atoms with E-state index in [0.29, 0.717) is 22.5 Å². The number of nitro groups is 1. The molecule has 6 nitrogen and oxygen atoms in total. The maximum Gasteiger partial charge on any atom is 0.273 e. The maximum atomic E-state index is 10.8. The largest absolute Gasteiger partial charge is 0.493 e. The molecule has 0 radical (unpaired) electrons. The Morgan fingerprint density at radius 1 is 1.19 bits per heavy atom. The maximum absolute atomic E-state index is 10.8. The molecule has 0 fully saturated rings. The SMILES string of the molecule is COc1ccc([N+](=O)[O-])cc1Oc1ccc(CN)cc1Br. The first-order valence-corrected chi connectivity index (χ1v) is 6.83. The van der Waals surface area contributed by atoms with E-state index in [9.17, 15) is 10.1 Å². The summed E-state index contributed by atoms with van der Waals surface area (Å²) in [6.45, 7) is 0.416. The van der Waals surface area contributed by atoms with Crippen molar-refractivity contribution < 1.29 is 14.4 Å². The van der Waals surface area contributed by atoms with E-state index in [4.69, 9.17) is 15.2 Å². The van der Waals surface area contributed by atoms with Crippen LogP contribution in [0, 0.1) is 10.1 Å². The quantitative estimate of drug-likeness (QED) is 0.655. The zero-order valence-electron chi connectivity index (χ0n) is 11.2. The van der Waals surface area contributed by atoms with Gasteiger partial charge in [-0.05, 0) is 39.7 Å². The molecule has 0 atom stereocenters. The van der Waals surface area contributed by atoms with Crippen LogP contribution in [0.3, 0.4) is 0 Å². The molecule has 2 N–H and O–H groups in total. The van der Waals surface area contributed by atoms with Crippen molar-refractivity contribution >= 4 is 21.6 Å². The molecule has 0 saturated carbocycles. The van der Waals surface area contributed by atoms with Crippen LogP contribution in [0.25, 0.3) is 0 Å². The smallest absolute Gasteiger partial charge is 0.273 e. The molecule has 0 aliphatic heterocycles. The second-order valence-electron chi connectivity index (χ2n) is 4.16. The minimum atomic E-state index is -0.487. The molecule has 2 aromatic rings. The van der Waals surface area contributed by atoms with Gasteiger partial charge in [0.2, 0.25) is 0 Å². The Morgan fingerprint density at radius 3 is 2.48 bits per heavy atom. The van der Waals surface area contributed by atoms with Crippen molar-refractivity contribution in [2.24, 2.45) is 5.73 Å². The Kier molecular flexibility index (Phi) is 4.77. The van der Waals surface area contributed by atoms with Gasteiger partial charge >= 0.3 is 0 Å². The van der Waals surface area contributed by atoms with Crippen LogP contribution in [0.1, 0.15) is 5.56 Å². The van der Waals surface area contributed by atoms with Crippen molar-refractivity contribution in [2.75, 3.05) is 7.11 Å². The van der Waals surface area contributed by atoms with E-state index in [2.05, 4.69) is 15.9 Å². The lowest BCUT2D eigenvalue weighted by atomic mass is 10.2. The van der Waals surface area contributed by atoms with Gasteiger partial charge in [0.05, 0.1) is 22.6 Å². The first-order valence-electron chi connectivity index (χ1n) is 6.04. The van der Waals surface area contributed by atoms with Gasteiger partial charge in [-0.25, -0.2) is 0 Å². The standard InChI is InChI=1S/C14H13BrN2O4/c1-20-13-5-3-10(17(18)19)7-14(13)21-12-4-2-9(8-16)6-11(12)15/h2-7H,8,16H2,1H3. The third kappa shape index (κ3) is 3.50. The monoisotopic (exact) mass is 352 g/mol. The Morgan fingerprint density at radius 2 is 1.90 bits per heavy atom. The van der Waals surface area contributed by atoms with E-state index in [1.54, 1.807) is 6.07 Å².